The third kappa shape index (κ3) is 4.69. The summed E-state index contributed by atoms with van der Waals surface area (Å²) in [6.07, 6.45) is 5.10. The van der Waals surface area contributed by atoms with Crippen molar-refractivity contribution in [2.75, 3.05) is 5.32 Å². The normalized spacial score (nSPS) is 15.8. The molecular formula is C25H31N5O3. The number of hydrogen-bond donors (Lipinski definition) is 4. The van der Waals surface area contributed by atoms with Gasteiger partial charge < -0.3 is 15.6 Å². The number of anilines is 1. The number of nitrogens with zero attached hydrogens (tertiary/aromatic N) is 1. The standard InChI is InChI=1S/C25H31N5O3/c1-5-6-7-17(23(32)27-16-9-8-15-13-26-30-18(15)10-16)29-24(33)22-14(2)21-19(28-22)11-25(3,4)12-20(21)31/h8-10,13,17,28H,5-7,11-12H2,1-4H3,(H,26,30)(H,27,32)(H,29,33). The molecule has 33 heavy (non-hydrogen) atoms. The van der Waals surface area contributed by atoms with Gasteiger partial charge in [-0.05, 0) is 48.9 Å². The highest BCUT2D eigenvalue weighted by molar-refractivity contribution is 6.06. The third-order valence-corrected chi connectivity index (χ3v) is 6.31. The Balaban J connectivity index is 1.53. The molecule has 0 aliphatic heterocycles. The third-order valence-electron chi connectivity index (χ3n) is 6.31. The molecule has 3 aromatic rings. The zero-order chi connectivity index (χ0) is 23.8. The number of Topliss-reactive ketones (excluding diaryl/α,β-unsaturated/α-hetero) is 1. The van der Waals surface area contributed by atoms with E-state index in [1.54, 1.807) is 13.1 Å². The Hall–Kier alpha value is -3.42. The number of H-pyrrole nitrogens is 2. The van der Waals surface area contributed by atoms with Crippen molar-refractivity contribution < 1.29 is 14.4 Å². The smallest absolute Gasteiger partial charge is 0.268 e. The average Bonchev–Trinajstić information content (AvgIpc) is 3.33. The summed E-state index contributed by atoms with van der Waals surface area (Å²) in [5, 5.41) is 13.6. The molecular weight excluding hydrogens is 418 g/mol. The average molecular weight is 450 g/mol. The van der Waals surface area contributed by atoms with E-state index < -0.39 is 6.04 Å². The number of carbonyl (C=O) groups excluding carboxylic acids is 3. The molecule has 1 aromatic carbocycles. The van der Waals surface area contributed by atoms with Crippen molar-refractivity contribution in [3.05, 3.63) is 46.9 Å². The van der Waals surface area contributed by atoms with Crippen LogP contribution in [0.25, 0.3) is 10.9 Å². The van der Waals surface area contributed by atoms with E-state index in [9.17, 15) is 14.4 Å². The molecule has 0 saturated carbocycles. The largest absolute Gasteiger partial charge is 0.354 e. The summed E-state index contributed by atoms with van der Waals surface area (Å²) in [5.74, 6) is -0.585. The van der Waals surface area contributed by atoms with E-state index in [1.165, 1.54) is 0 Å². The zero-order valence-electron chi connectivity index (χ0n) is 19.6. The quantitative estimate of drug-likeness (QED) is 0.430. The van der Waals surface area contributed by atoms with E-state index in [0.717, 1.165) is 29.4 Å². The maximum atomic E-state index is 13.2. The fourth-order valence-electron chi connectivity index (χ4n) is 4.61. The molecule has 174 valence electrons. The summed E-state index contributed by atoms with van der Waals surface area (Å²) >= 11 is 0. The second kappa shape index (κ2) is 8.84. The van der Waals surface area contributed by atoms with Crippen LogP contribution in [0.3, 0.4) is 0 Å². The molecule has 0 fully saturated rings. The van der Waals surface area contributed by atoms with Gasteiger partial charge in [-0.15, -0.1) is 0 Å². The molecule has 2 aromatic heterocycles. The van der Waals surface area contributed by atoms with E-state index in [2.05, 4.69) is 39.7 Å². The summed E-state index contributed by atoms with van der Waals surface area (Å²) in [4.78, 5) is 42.1. The van der Waals surface area contributed by atoms with Crippen LogP contribution in [0.5, 0.6) is 0 Å². The fraction of sp³-hybridized carbons (Fsp3) is 0.440. The molecule has 2 amide bonds. The summed E-state index contributed by atoms with van der Waals surface area (Å²) in [6.45, 7) is 7.94. The highest BCUT2D eigenvalue weighted by Gasteiger charge is 2.35. The van der Waals surface area contributed by atoms with Crippen molar-refractivity contribution in [3.8, 4) is 0 Å². The van der Waals surface area contributed by atoms with Crippen molar-refractivity contribution in [3.63, 3.8) is 0 Å². The number of rotatable bonds is 7. The van der Waals surface area contributed by atoms with Crippen LogP contribution in [0.4, 0.5) is 5.69 Å². The summed E-state index contributed by atoms with van der Waals surface area (Å²) in [7, 11) is 0. The second-order valence-corrected chi connectivity index (χ2v) is 9.75. The van der Waals surface area contributed by atoms with Crippen LogP contribution < -0.4 is 10.6 Å². The fourth-order valence-corrected chi connectivity index (χ4v) is 4.61. The zero-order valence-corrected chi connectivity index (χ0v) is 19.6. The minimum Gasteiger partial charge on any atom is -0.354 e. The van der Waals surface area contributed by atoms with Crippen molar-refractivity contribution in [2.24, 2.45) is 5.41 Å². The van der Waals surface area contributed by atoms with Crippen molar-refractivity contribution in [1.29, 1.82) is 0 Å². The van der Waals surface area contributed by atoms with Gasteiger partial charge in [-0.3, -0.25) is 19.5 Å². The summed E-state index contributed by atoms with van der Waals surface area (Å²) < 4.78 is 0. The molecule has 2 heterocycles. The van der Waals surface area contributed by atoms with Gasteiger partial charge in [0.15, 0.2) is 5.78 Å². The molecule has 0 saturated heterocycles. The van der Waals surface area contributed by atoms with E-state index in [4.69, 9.17) is 0 Å². The van der Waals surface area contributed by atoms with E-state index in [-0.39, 0.29) is 23.0 Å². The van der Waals surface area contributed by atoms with Gasteiger partial charge in [0.2, 0.25) is 5.91 Å². The van der Waals surface area contributed by atoms with Crippen LogP contribution in [0.2, 0.25) is 0 Å². The molecule has 4 N–H and O–H groups in total. The van der Waals surface area contributed by atoms with Gasteiger partial charge in [-0.2, -0.15) is 5.10 Å². The first-order chi connectivity index (χ1) is 15.7. The first-order valence-electron chi connectivity index (χ1n) is 11.5. The van der Waals surface area contributed by atoms with E-state index in [0.29, 0.717) is 41.8 Å². The number of hydrogen-bond acceptors (Lipinski definition) is 4. The lowest BCUT2D eigenvalue weighted by molar-refractivity contribution is -0.118. The van der Waals surface area contributed by atoms with Gasteiger partial charge >= 0.3 is 0 Å². The van der Waals surface area contributed by atoms with Crippen LogP contribution in [-0.4, -0.2) is 38.8 Å². The number of aromatic nitrogens is 3. The van der Waals surface area contributed by atoms with Gasteiger partial charge in [0.1, 0.15) is 11.7 Å². The van der Waals surface area contributed by atoms with Crippen molar-refractivity contribution in [2.45, 2.75) is 65.8 Å². The number of nitrogens with one attached hydrogen (secondary N) is 4. The topological polar surface area (TPSA) is 120 Å². The maximum Gasteiger partial charge on any atom is 0.268 e. The Morgan fingerprint density at radius 3 is 2.79 bits per heavy atom. The van der Waals surface area contributed by atoms with Gasteiger partial charge in [0.25, 0.3) is 5.91 Å². The monoisotopic (exact) mass is 449 g/mol. The minimum atomic E-state index is -0.693. The van der Waals surface area contributed by atoms with Gasteiger partial charge in [0, 0.05) is 28.8 Å². The molecule has 1 aliphatic carbocycles. The highest BCUT2D eigenvalue weighted by atomic mass is 16.2. The molecule has 0 spiro atoms. The number of aromatic amines is 2. The lowest BCUT2D eigenvalue weighted by Crippen LogP contribution is -2.44. The summed E-state index contributed by atoms with van der Waals surface area (Å²) in [6, 6.07) is 4.81. The number of amides is 2. The van der Waals surface area contributed by atoms with Crippen LogP contribution in [0.1, 0.15) is 78.6 Å². The Kier molecular flexibility index (Phi) is 6.10. The maximum absolute atomic E-state index is 13.2. The van der Waals surface area contributed by atoms with E-state index >= 15 is 0 Å². The molecule has 1 unspecified atom stereocenters. The lowest BCUT2D eigenvalue weighted by atomic mass is 9.75. The summed E-state index contributed by atoms with van der Waals surface area (Å²) in [5.41, 5.74) is 3.76. The number of carbonyl (C=O) groups is 3. The Labute approximate surface area is 192 Å². The first-order valence-corrected chi connectivity index (χ1v) is 11.5. The van der Waals surface area contributed by atoms with Crippen LogP contribution in [0.15, 0.2) is 24.4 Å². The molecule has 0 radical (unpaired) electrons. The molecule has 0 bridgehead atoms. The SMILES string of the molecule is CCCCC(NC(=O)c1[nH]c2c(c1C)C(=O)CC(C)(C)C2)C(=O)Nc1ccc2cn[nH]c2c1. The minimum absolute atomic E-state index is 0.0588. The Bertz CT molecular complexity index is 1220. The number of ketones is 1. The predicted octanol–water partition coefficient (Wildman–Crippen LogP) is 4.28. The van der Waals surface area contributed by atoms with Gasteiger partial charge in [-0.25, -0.2) is 0 Å². The highest BCUT2D eigenvalue weighted by Crippen LogP contribution is 2.36. The van der Waals surface area contributed by atoms with Crippen LogP contribution in [0, 0.1) is 12.3 Å². The lowest BCUT2D eigenvalue weighted by Gasteiger charge is -2.28. The molecule has 1 atom stereocenters. The van der Waals surface area contributed by atoms with Crippen LogP contribution >= 0.6 is 0 Å². The molecule has 8 nitrogen and oxygen atoms in total. The number of fused-ring (bicyclic) bond motifs is 2. The van der Waals surface area contributed by atoms with Gasteiger partial charge in [0.05, 0.1) is 11.7 Å². The number of unbranched alkanes of at least 4 members (excludes halogenated alkanes) is 1. The first kappa shape index (κ1) is 22.8. The van der Waals surface area contributed by atoms with Crippen molar-refractivity contribution >= 4 is 34.2 Å². The van der Waals surface area contributed by atoms with Crippen LogP contribution in [-0.2, 0) is 11.2 Å². The van der Waals surface area contributed by atoms with E-state index in [1.807, 2.05) is 25.1 Å². The predicted molar refractivity (Wildman–Crippen MR) is 127 cm³/mol. The molecule has 1 aliphatic rings. The number of benzene rings is 1. The van der Waals surface area contributed by atoms with Gasteiger partial charge in [-0.1, -0.05) is 33.6 Å². The molecule has 8 heteroatoms. The molecule has 4 rings (SSSR count). The second-order valence-electron chi connectivity index (χ2n) is 9.75. The van der Waals surface area contributed by atoms with Crippen molar-refractivity contribution in [1.82, 2.24) is 20.5 Å². The Morgan fingerprint density at radius 2 is 2.03 bits per heavy atom. The Morgan fingerprint density at radius 1 is 1.24 bits per heavy atom.